The molecule has 1 N–H and O–H groups in total. The Morgan fingerprint density at radius 1 is 1.10 bits per heavy atom. The molecule has 2 aliphatic rings. The third kappa shape index (κ3) is 3.87. The molecule has 6 heteroatoms. The van der Waals surface area contributed by atoms with E-state index in [1.165, 1.54) is 11.6 Å². The Morgan fingerprint density at radius 2 is 1.84 bits per heavy atom. The SMILES string of the molecule is O=C(Nc1ccc(Br)cc1)C1(N2CCC(c3ccnc4ccc(F)cc34)CC2)CCC1. The number of carbonyl (C=O) groups is 1. The van der Waals surface area contributed by atoms with Crippen LogP contribution in [0.3, 0.4) is 0 Å². The summed E-state index contributed by atoms with van der Waals surface area (Å²) >= 11 is 3.44. The van der Waals surface area contributed by atoms with Gasteiger partial charge in [0.15, 0.2) is 0 Å². The van der Waals surface area contributed by atoms with E-state index in [0.717, 1.165) is 66.3 Å². The fraction of sp³-hybridized carbons (Fsp3) is 0.360. The number of nitrogens with one attached hydrogen (secondary N) is 1. The number of carbonyl (C=O) groups excluding carboxylic acids is 1. The Hall–Kier alpha value is -2.31. The summed E-state index contributed by atoms with van der Waals surface area (Å²) in [4.78, 5) is 20.0. The van der Waals surface area contributed by atoms with Crippen LogP contribution < -0.4 is 5.32 Å². The van der Waals surface area contributed by atoms with E-state index in [1.807, 2.05) is 36.5 Å². The van der Waals surface area contributed by atoms with Gasteiger partial charge in [-0.3, -0.25) is 14.7 Å². The topological polar surface area (TPSA) is 45.2 Å². The molecule has 2 aromatic carbocycles. The second-order valence-electron chi connectivity index (χ2n) is 8.67. The Balaban J connectivity index is 1.31. The molecule has 0 bridgehead atoms. The zero-order valence-electron chi connectivity index (χ0n) is 17.3. The second-order valence-corrected chi connectivity index (χ2v) is 9.58. The van der Waals surface area contributed by atoms with Crippen molar-refractivity contribution >= 4 is 38.4 Å². The first-order chi connectivity index (χ1) is 15.0. The number of pyridine rings is 1. The van der Waals surface area contributed by atoms with Crippen molar-refractivity contribution in [1.29, 1.82) is 0 Å². The van der Waals surface area contributed by atoms with Crippen molar-refractivity contribution in [3.05, 3.63) is 70.6 Å². The molecular formula is C25H25BrFN3O. The van der Waals surface area contributed by atoms with E-state index in [4.69, 9.17) is 0 Å². The standard InChI is InChI=1S/C25H25BrFN3O/c26-18-2-5-20(6-3-18)29-24(31)25(11-1-12-25)30-14-9-17(10-15-30)21-8-13-28-23-7-4-19(27)16-22(21)23/h2-8,13,16-17H,1,9-12,14-15H2,(H,29,31). The predicted molar refractivity (Wildman–Crippen MR) is 125 cm³/mol. The highest BCUT2D eigenvalue weighted by Crippen LogP contribution is 2.43. The molecule has 4 nitrogen and oxygen atoms in total. The first-order valence-corrected chi connectivity index (χ1v) is 11.7. The Labute approximate surface area is 190 Å². The molecule has 5 rings (SSSR count). The molecule has 31 heavy (non-hydrogen) atoms. The van der Waals surface area contributed by atoms with Crippen molar-refractivity contribution in [1.82, 2.24) is 9.88 Å². The molecule has 0 unspecified atom stereocenters. The van der Waals surface area contributed by atoms with Gasteiger partial charge in [0.1, 0.15) is 11.4 Å². The van der Waals surface area contributed by atoms with Gasteiger partial charge in [-0.15, -0.1) is 0 Å². The minimum atomic E-state index is -0.398. The Kier molecular flexibility index (Phi) is 5.52. The fourth-order valence-corrected chi connectivity index (χ4v) is 5.36. The first kappa shape index (κ1) is 20.6. The van der Waals surface area contributed by atoms with Gasteiger partial charge < -0.3 is 5.32 Å². The van der Waals surface area contributed by atoms with E-state index in [1.54, 1.807) is 12.1 Å². The van der Waals surface area contributed by atoms with Gasteiger partial charge in [0.05, 0.1) is 5.52 Å². The second kappa shape index (κ2) is 8.32. The molecule has 1 aliphatic heterocycles. The van der Waals surface area contributed by atoms with Gasteiger partial charge >= 0.3 is 0 Å². The van der Waals surface area contributed by atoms with Crippen LogP contribution in [0.25, 0.3) is 10.9 Å². The third-order valence-electron chi connectivity index (χ3n) is 6.98. The van der Waals surface area contributed by atoms with Crippen LogP contribution in [0.1, 0.15) is 43.6 Å². The zero-order chi connectivity index (χ0) is 21.4. The summed E-state index contributed by atoms with van der Waals surface area (Å²) in [5.74, 6) is 0.239. The molecule has 0 atom stereocenters. The number of hydrogen-bond acceptors (Lipinski definition) is 3. The number of aromatic nitrogens is 1. The van der Waals surface area contributed by atoms with Crippen molar-refractivity contribution in [2.45, 2.75) is 43.6 Å². The Morgan fingerprint density at radius 3 is 2.52 bits per heavy atom. The lowest BCUT2D eigenvalue weighted by molar-refractivity contribution is -0.135. The van der Waals surface area contributed by atoms with E-state index in [-0.39, 0.29) is 11.7 Å². The number of hydrogen-bond donors (Lipinski definition) is 1. The van der Waals surface area contributed by atoms with Crippen LogP contribution in [0.2, 0.25) is 0 Å². The molecule has 1 amide bonds. The van der Waals surface area contributed by atoms with Crippen molar-refractivity contribution in [3.63, 3.8) is 0 Å². The summed E-state index contributed by atoms with van der Waals surface area (Å²) in [7, 11) is 0. The van der Waals surface area contributed by atoms with Crippen LogP contribution in [0.5, 0.6) is 0 Å². The van der Waals surface area contributed by atoms with Gasteiger partial charge in [-0.1, -0.05) is 15.9 Å². The van der Waals surface area contributed by atoms with Gasteiger partial charge in [0.2, 0.25) is 5.91 Å². The number of piperidine rings is 1. The third-order valence-corrected chi connectivity index (χ3v) is 7.51. The van der Waals surface area contributed by atoms with Crippen molar-refractivity contribution in [2.24, 2.45) is 0 Å². The molecule has 3 aromatic rings. The average molecular weight is 482 g/mol. The van der Waals surface area contributed by atoms with Crippen LogP contribution in [-0.4, -0.2) is 34.4 Å². The lowest BCUT2D eigenvalue weighted by Gasteiger charge is -2.51. The minimum absolute atomic E-state index is 0.107. The van der Waals surface area contributed by atoms with Crippen LogP contribution in [0.4, 0.5) is 10.1 Å². The molecule has 160 valence electrons. The number of amides is 1. The predicted octanol–water partition coefficient (Wildman–Crippen LogP) is 5.88. The zero-order valence-corrected chi connectivity index (χ0v) is 18.9. The minimum Gasteiger partial charge on any atom is -0.324 e. The number of rotatable bonds is 4. The molecule has 1 aliphatic carbocycles. The van der Waals surface area contributed by atoms with E-state index >= 15 is 0 Å². The summed E-state index contributed by atoms with van der Waals surface area (Å²) in [5.41, 5.74) is 2.45. The number of likely N-dealkylation sites (tertiary alicyclic amines) is 1. The van der Waals surface area contributed by atoms with E-state index < -0.39 is 5.54 Å². The molecule has 1 saturated carbocycles. The van der Waals surface area contributed by atoms with Gasteiger partial charge in [-0.25, -0.2) is 4.39 Å². The summed E-state index contributed by atoms with van der Waals surface area (Å²) in [6.45, 7) is 1.75. The molecule has 1 saturated heterocycles. The Bertz CT molecular complexity index is 1110. The molecule has 1 aromatic heterocycles. The maximum atomic E-state index is 13.9. The average Bonchev–Trinajstić information content (AvgIpc) is 2.75. The van der Waals surface area contributed by atoms with Crippen LogP contribution in [0.15, 0.2) is 59.2 Å². The number of fused-ring (bicyclic) bond motifs is 1. The number of halogens is 2. The van der Waals surface area contributed by atoms with Crippen LogP contribution in [0, 0.1) is 5.82 Å². The highest BCUT2D eigenvalue weighted by atomic mass is 79.9. The van der Waals surface area contributed by atoms with Crippen LogP contribution in [-0.2, 0) is 4.79 Å². The summed E-state index contributed by atoms with van der Waals surface area (Å²) in [5, 5.41) is 4.04. The molecular weight excluding hydrogens is 457 g/mol. The molecule has 0 spiro atoms. The van der Waals surface area contributed by atoms with Crippen molar-refractivity contribution in [2.75, 3.05) is 18.4 Å². The summed E-state index contributed by atoms with van der Waals surface area (Å²) in [6.07, 6.45) is 6.64. The monoisotopic (exact) mass is 481 g/mol. The van der Waals surface area contributed by atoms with E-state index in [0.29, 0.717) is 5.92 Å². The van der Waals surface area contributed by atoms with E-state index in [9.17, 15) is 9.18 Å². The number of nitrogens with zero attached hydrogens (tertiary/aromatic N) is 2. The lowest BCUT2D eigenvalue weighted by atomic mass is 9.72. The summed E-state index contributed by atoms with van der Waals surface area (Å²) < 4.78 is 14.9. The number of anilines is 1. The van der Waals surface area contributed by atoms with Crippen molar-refractivity contribution in [3.8, 4) is 0 Å². The van der Waals surface area contributed by atoms with E-state index in [2.05, 4.69) is 31.1 Å². The normalized spacial score (nSPS) is 19.2. The smallest absolute Gasteiger partial charge is 0.244 e. The first-order valence-electron chi connectivity index (χ1n) is 10.9. The molecule has 2 fully saturated rings. The maximum Gasteiger partial charge on any atom is 0.244 e. The maximum absolute atomic E-state index is 13.9. The lowest BCUT2D eigenvalue weighted by Crippen LogP contribution is -2.62. The largest absolute Gasteiger partial charge is 0.324 e. The highest BCUT2D eigenvalue weighted by molar-refractivity contribution is 9.10. The van der Waals surface area contributed by atoms with Gasteiger partial charge in [-0.2, -0.15) is 0 Å². The molecule has 2 heterocycles. The van der Waals surface area contributed by atoms with Gasteiger partial charge in [0, 0.05) is 21.7 Å². The van der Waals surface area contributed by atoms with Crippen LogP contribution >= 0.6 is 15.9 Å². The summed E-state index contributed by atoms with van der Waals surface area (Å²) in [6, 6.07) is 14.6. The fourth-order valence-electron chi connectivity index (χ4n) is 5.09. The molecule has 0 radical (unpaired) electrons. The highest BCUT2D eigenvalue weighted by Gasteiger charge is 2.49. The number of benzene rings is 2. The van der Waals surface area contributed by atoms with Gasteiger partial charge in [0.25, 0.3) is 0 Å². The van der Waals surface area contributed by atoms with Crippen molar-refractivity contribution < 1.29 is 9.18 Å². The quantitative estimate of drug-likeness (QED) is 0.506. The van der Waals surface area contributed by atoms with Gasteiger partial charge in [-0.05, 0) is 105 Å².